The number of ether oxygens (including phenoxy) is 1. The summed E-state index contributed by atoms with van der Waals surface area (Å²) >= 11 is 0. The van der Waals surface area contributed by atoms with E-state index in [1.54, 1.807) is 17.0 Å². The number of nitro benzene ring substituents is 1. The number of benzene rings is 1. The average Bonchev–Trinajstić information content (AvgIpc) is 2.85. The third kappa shape index (κ3) is 2.71. The molecule has 2 atom stereocenters. The number of hydrogen-bond acceptors (Lipinski definition) is 5. The maximum absolute atomic E-state index is 11.7. The summed E-state index contributed by atoms with van der Waals surface area (Å²) in [6.45, 7) is 1.17. The van der Waals surface area contributed by atoms with Gasteiger partial charge in [0, 0.05) is 18.7 Å². The highest BCUT2D eigenvalue weighted by atomic mass is 16.6. The van der Waals surface area contributed by atoms with Crippen LogP contribution in [0.25, 0.3) is 0 Å². The predicted molar refractivity (Wildman–Crippen MR) is 76.8 cm³/mol. The number of nitrogens with one attached hydrogen (secondary N) is 1. The summed E-state index contributed by atoms with van der Waals surface area (Å²) in [5, 5.41) is 14.2. The summed E-state index contributed by atoms with van der Waals surface area (Å²) in [6, 6.07) is 4.58. The van der Waals surface area contributed by atoms with E-state index in [1.807, 2.05) is 0 Å². The number of fused-ring (bicyclic) bond motifs is 1. The number of nitrogens with zero attached hydrogens (tertiary/aromatic N) is 2. The van der Waals surface area contributed by atoms with E-state index < -0.39 is 4.92 Å². The van der Waals surface area contributed by atoms with Crippen molar-refractivity contribution in [1.82, 2.24) is 4.90 Å². The van der Waals surface area contributed by atoms with Crippen LogP contribution in [0.5, 0.6) is 0 Å². The second kappa shape index (κ2) is 5.36. The zero-order chi connectivity index (χ0) is 15.0. The molecule has 2 aliphatic heterocycles. The van der Waals surface area contributed by atoms with Gasteiger partial charge in [0.1, 0.15) is 20.1 Å². The van der Waals surface area contributed by atoms with E-state index in [-0.39, 0.29) is 30.3 Å². The quantitative estimate of drug-likeness (QED) is 0.473. The topological polar surface area (TPSA) is 84.7 Å². The van der Waals surface area contributed by atoms with E-state index in [0.717, 1.165) is 0 Å². The van der Waals surface area contributed by atoms with Crippen molar-refractivity contribution < 1.29 is 14.5 Å². The summed E-state index contributed by atoms with van der Waals surface area (Å²) < 4.78 is 5.23. The lowest BCUT2D eigenvalue weighted by molar-refractivity contribution is -0.383. The standard InChI is InChI=1S/C13H14BN3O4/c14-8-1-2-11(12(3-8)17(19)20)15-9-4-10-6-21-7-13(18)16(10)5-9/h1-3,9-10,15H,4-7H2. The number of nitro groups is 1. The predicted octanol–water partition coefficient (Wildman–Crippen LogP) is -0.200. The molecule has 1 amide bonds. The van der Waals surface area contributed by atoms with Crippen LogP contribution in [0, 0.1) is 10.1 Å². The highest BCUT2D eigenvalue weighted by Crippen LogP contribution is 2.28. The molecule has 108 valence electrons. The largest absolute Gasteiger partial charge is 0.375 e. The van der Waals surface area contributed by atoms with Gasteiger partial charge < -0.3 is 15.0 Å². The Hall–Kier alpha value is -2.09. The average molecular weight is 287 g/mol. The van der Waals surface area contributed by atoms with E-state index in [1.165, 1.54) is 6.07 Å². The zero-order valence-corrected chi connectivity index (χ0v) is 11.3. The molecule has 1 aromatic carbocycles. The molecule has 1 N–H and O–H groups in total. The normalized spacial score (nSPS) is 24.8. The molecule has 7 nitrogen and oxygen atoms in total. The van der Waals surface area contributed by atoms with Gasteiger partial charge in [0.2, 0.25) is 5.91 Å². The fourth-order valence-corrected chi connectivity index (χ4v) is 2.89. The zero-order valence-electron chi connectivity index (χ0n) is 11.3. The molecule has 2 unspecified atom stereocenters. The fourth-order valence-electron chi connectivity index (χ4n) is 2.89. The number of carbonyl (C=O) groups excluding carboxylic acids is 1. The van der Waals surface area contributed by atoms with Gasteiger partial charge in [0.15, 0.2) is 0 Å². The number of carbonyl (C=O) groups is 1. The monoisotopic (exact) mass is 287 g/mol. The third-order valence-corrected chi connectivity index (χ3v) is 3.85. The van der Waals surface area contributed by atoms with Gasteiger partial charge in [-0.15, -0.1) is 0 Å². The van der Waals surface area contributed by atoms with Crippen molar-refractivity contribution in [2.24, 2.45) is 0 Å². The SMILES string of the molecule is [B]c1ccc(NC2CC3COCC(=O)N3C2)c([N+](=O)[O-])c1. The number of amides is 1. The van der Waals surface area contributed by atoms with Gasteiger partial charge in [0.05, 0.1) is 17.6 Å². The first kappa shape index (κ1) is 13.9. The van der Waals surface area contributed by atoms with Gasteiger partial charge in [-0.1, -0.05) is 11.5 Å². The molecular weight excluding hydrogens is 273 g/mol. The van der Waals surface area contributed by atoms with E-state index in [2.05, 4.69) is 5.32 Å². The highest BCUT2D eigenvalue weighted by Gasteiger charge is 2.38. The van der Waals surface area contributed by atoms with Crippen molar-refractivity contribution in [3.8, 4) is 0 Å². The lowest BCUT2D eigenvalue weighted by atomic mass is 9.95. The Morgan fingerprint density at radius 1 is 1.48 bits per heavy atom. The number of anilines is 1. The molecule has 2 aliphatic rings. The van der Waals surface area contributed by atoms with Crippen molar-refractivity contribution in [2.75, 3.05) is 25.1 Å². The molecule has 2 radical (unpaired) electrons. The van der Waals surface area contributed by atoms with Gasteiger partial charge in [-0.25, -0.2) is 0 Å². The van der Waals surface area contributed by atoms with Gasteiger partial charge >= 0.3 is 0 Å². The van der Waals surface area contributed by atoms with Gasteiger partial charge in [-0.3, -0.25) is 14.9 Å². The molecule has 0 spiro atoms. The molecule has 0 aliphatic carbocycles. The van der Waals surface area contributed by atoms with Crippen LogP contribution in [0.2, 0.25) is 0 Å². The summed E-state index contributed by atoms with van der Waals surface area (Å²) in [5.41, 5.74) is 0.717. The van der Waals surface area contributed by atoms with Crippen LogP contribution in [-0.2, 0) is 9.53 Å². The Morgan fingerprint density at radius 2 is 2.29 bits per heavy atom. The molecule has 1 aromatic rings. The minimum atomic E-state index is -0.463. The first-order valence-corrected chi connectivity index (χ1v) is 6.72. The Morgan fingerprint density at radius 3 is 3.00 bits per heavy atom. The Balaban J connectivity index is 1.76. The van der Waals surface area contributed by atoms with Crippen LogP contribution in [0.3, 0.4) is 0 Å². The van der Waals surface area contributed by atoms with Crippen LogP contribution in [0.4, 0.5) is 11.4 Å². The molecule has 3 rings (SSSR count). The summed E-state index contributed by atoms with van der Waals surface area (Å²) in [6.07, 6.45) is 0.716. The van der Waals surface area contributed by atoms with Crippen molar-refractivity contribution >= 4 is 30.6 Å². The van der Waals surface area contributed by atoms with Crippen molar-refractivity contribution in [2.45, 2.75) is 18.5 Å². The van der Waals surface area contributed by atoms with Crippen molar-refractivity contribution in [1.29, 1.82) is 0 Å². The van der Waals surface area contributed by atoms with E-state index in [4.69, 9.17) is 12.6 Å². The Labute approximate surface area is 122 Å². The minimum Gasteiger partial charge on any atom is -0.375 e. The lowest BCUT2D eigenvalue weighted by Crippen LogP contribution is -2.45. The van der Waals surface area contributed by atoms with Crippen molar-refractivity contribution in [3.05, 3.63) is 28.3 Å². The molecule has 2 saturated heterocycles. The van der Waals surface area contributed by atoms with E-state index >= 15 is 0 Å². The van der Waals surface area contributed by atoms with Crippen LogP contribution in [0.1, 0.15) is 6.42 Å². The first-order chi connectivity index (χ1) is 10.0. The number of morpholine rings is 1. The molecule has 0 bridgehead atoms. The molecule has 8 heteroatoms. The molecule has 2 heterocycles. The van der Waals surface area contributed by atoms with Gasteiger partial charge in [-0.2, -0.15) is 0 Å². The maximum Gasteiger partial charge on any atom is 0.291 e. The number of rotatable bonds is 3. The van der Waals surface area contributed by atoms with E-state index in [9.17, 15) is 14.9 Å². The van der Waals surface area contributed by atoms with Crippen molar-refractivity contribution in [3.63, 3.8) is 0 Å². The summed E-state index contributed by atoms with van der Waals surface area (Å²) in [5.74, 6) is -0.0256. The number of hydrogen-bond donors (Lipinski definition) is 1. The minimum absolute atomic E-state index is 0.0250. The lowest BCUT2D eigenvalue weighted by Gasteiger charge is -2.28. The molecule has 0 aromatic heterocycles. The third-order valence-electron chi connectivity index (χ3n) is 3.85. The summed E-state index contributed by atoms with van der Waals surface area (Å²) in [7, 11) is 5.59. The van der Waals surface area contributed by atoms with Crippen LogP contribution < -0.4 is 10.8 Å². The molecule has 2 fully saturated rings. The second-order valence-electron chi connectivity index (χ2n) is 5.33. The molecular formula is C13H14BN3O4. The molecule has 21 heavy (non-hydrogen) atoms. The molecule has 0 saturated carbocycles. The smallest absolute Gasteiger partial charge is 0.291 e. The Kier molecular flexibility index (Phi) is 3.54. The Bertz CT molecular complexity index is 595. The van der Waals surface area contributed by atoms with Crippen LogP contribution >= 0.6 is 0 Å². The highest BCUT2D eigenvalue weighted by molar-refractivity contribution is 6.32. The second-order valence-corrected chi connectivity index (χ2v) is 5.33. The summed E-state index contributed by atoms with van der Waals surface area (Å²) in [4.78, 5) is 24.1. The van der Waals surface area contributed by atoms with Crippen LogP contribution in [0.15, 0.2) is 18.2 Å². The van der Waals surface area contributed by atoms with Gasteiger partial charge in [0.25, 0.3) is 5.69 Å². The first-order valence-electron chi connectivity index (χ1n) is 6.72. The maximum atomic E-state index is 11.7. The fraction of sp³-hybridized carbons (Fsp3) is 0.462. The van der Waals surface area contributed by atoms with E-state index in [0.29, 0.717) is 30.7 Å². The van der Waals surface area contributed by atoms with Gasteiger partial charge in [-0.05, 0) is 12.5 Å². The van der Waals surface area contributed by atoms with Crippen LogP contribution in [-0.4, -0.2) is 55.4 Å².